The van der Waals surface area contributed by atoms with Crippen LogP contribution >= 0.6 is 0 Å². The van der Waals surface area contributed by atoms with Gasteiger partial charge in [0.15, 0.2) is 0 Å². The lowest BCUT2D eigenvalue weighted by molar-refractivity contribution is -0.137. The molecule has 0 aliphatic carbocycles. The van der Waals surface area contributed by atoms with E-state index in [9.17, 15) is 13.2 Å². The molecule has 0 unspecified atom stereocenters. The van der Waals surface area contributed by atoms with Gasteiger partial charge in [0, 0.05) is 12.6 Å². The maximum atomic E-state index is 12.7. The highest BCUT2D eigenvalue weighted by molar-refractivity contribution is 5.25. The number of halogens is 3. The van der Waals surface area contributed by atoms with E-state index in [0.717, 1.165) is 37.6 Å². The summed E-state index contributed by atoms with van der Waals surface area (Å²) in [4.78, 5) is 4.46. The monoisotopic (exact) mass is 286 g/mol. The SMILES string of the molecule is CN1CCC(N(C)Cc2cccc(C(F)(F)F)c2)CC1. The van der Waals surface area contributed by atoms with Crippen molar-refractivity contribution in [3.05, 3.63) is 35.4 Å². The van der Waals surface area contributed by atoms with Crippen LogP contribution in [0.1, 0.15) is 24.0 Å². The second-order valence-electron chi connectivity index (χ2n) is 5.65. The Balaban J connectivity index is 1.99. The van der Waals surface area contributed by atoms with Crippen LogP contribution in [0, 0.1) is 0 Å². The molecule has 1 aliphatic heterocycles. The maximum Gasteiger partial charge on any atom is 0.416 e. The lowest BCUT2D eigenvalue weighted by Gasteiger charge is -2.35. The van der Waals surface area contributed by atoms with Gasteiger partial charge in [0.05, 0.1) is 5.56 Å². The Morgan fingerprint density at radius 3 is 2.50 bits per heavy atom. The van der Waals surface area contributed by atoms with E-state index >= 15 is 0 Å². The molecule has 0 amide bonds. The largest absolute Gasteiger partial charge is 0.416 e. The fourth-order valence-electron chi connectivity index (χ4n) is 2.70. The van der Waals surface area contributed by atoms with E-state index in [2.05, 4.69) is 16.8 Å². The van der Waals surface area contributed by atoms with Gasteiger partial charge in [0.25, 0.3) is 0 Å². The molecule has 1 saturated heterocycles. The molecule has 0 aromatic heterocycles. The highest BCUT2D eigenvalue weighted by Gasteiger charge is 2.30. The van der Waals surface area contributed by atoms with Crippen LogP contribution < -0.4 is 0 Å². The van der Waals surface area contributed by atoms with Crippen molar-refractivity contribution in [3.63, 3.8) is 0 Å². The molecule has 1 aliphatic rings. The normalized spacial score (nSPS) is 18.7. The zero-order valence-corrected chi connectivity index (χ0v) is 12.0. The first-order valence-corrected chi connectivity index (χ1v) is 6.91. The van der Waals surface area contributed by atoms with Gasteiger partial charge in [0.1, 0.15) is 0 Å². The molecule has 0 saturated carbocycles. The van der Waals surface area contributed by atoms with Crippen molar-refractivity contribution in [1.29, 1.82) is 0 Å². The molecule has 2 nitrogen and oxygen atoms in total. The Kier molecular flexibility index (Phi) is 4.70. The highest BCUT2D eigenvalue weighted by Crippen LogP contribution is 2.30. The quantitative estimate of drug-likeness (QED) is 0.841. The Hall–Kier alpha value is -1.07. The summed E-state index contributed by atoms with van der Waals surface area (Å²) in [7, 11) is 4.10. The van der Waals surface area contributed by atoms with Crippen molar-refractivity contribution in [2.75, 3.05) is 27.2 Å². The van der Waals surface area contributed by atoms with Gasteiger partial charge in [-0.15, -0.1) is 0 Å². The summed E-state index contributed by atoms with van der Waals surface area (Å²) < 4.78 is 38.1. The number of nitrogens with zero attached hydrogens (tertiary/aromatic N) is 2. The van der Waals surface area contributed by atoms with Crippen LogP contribution in [0.2, 0.25) is 0 Å². The molecule has 2 rings (SSSR count). The Morgan fingerprint density at radius 1 is 1.25 bits per heavy atom. The fourth-order valence-corrected chi connectivity index (χ4v) is 2.70. The van der Waals surface area contributed by atoms with Crippen molar-refractivity contribution >= 4 is 0 Å². The van der Waals surface area contributed by atoms with Gasteiger partial charge >= 0.3 is 6.18 Å². The van der Waals surface area contributed by atoms with E-state index in [-0.39, 0.29) is 0 Å². The predicted octanol–water partition coefficient (Wildman–Crippen LogP) is 3.23. The summed E-state index contributed by atoms with van der Waals surface area (Å²) in [5, 5.41) is 0. The van der Waals surface area contributed by atoms with Crippen LogP contribution in [0.5, 0.6) is 0 Å². The van der Waals surface area contributed by atoms with Crippen LogP contribution in [0.4, 0.5) is 13.2 Å². The molecule has 112 valence electrons. The second kappa shape index (κ2) is 6.14. The van der Waals surface area contributed by atoms with Gasteiger partial charge in [-0.3, -0.25) is 4.90 Å². The van der Waals surface area contributed by atoms with Crippen molar-refractivity contribution in [2.24, 2.45) is 0 Å². The third-order valence-corrected chi connectivity index (χ3v) is 4.00. The smallest absolute Gasteiger partial charge is 0.306 e. The number of hydrogen-bond acceptors (Lipinski definition) is 2. The third kappa shape index (κ3) is 3.96. The summed E-state index contributed by atoms with van der Waals surface area (Å²) >= 11 is 0. The number of rotatable bonds is 3. The zero-order valence-electron chi connectivity index (χ0n) is 12.0. The molecule has 0 radical (unpaired) electrons. The second-order valence-corrected chi connectivity index (χ2v) is 5.65. The van der Waals surface area contributed by atoms with Gasteiger partial charge in [-0.1, -0.05) is 18.2 Å². The van der Waals surface area contributed by atoms with E-state index in [1.165, 1.54) is 12.1 Å². The molecule has 1 fully saturated rings. The topological polar surface area (TPSA) is 6.48 Å². The van der Waals surface area contributed by atoms with Crippen LogP contribution in [0.3, 0.4) is 0 Å². The lowest BCUT2D eigenvalue weighted by Crippen LogP contribution is -2.41. The van der Waals surface area contributed by atoms with Gasteiger partial charge in [0.2, 0.25) is 0 Å². The summed E-state index contributed by atoms with van der Waals surface area (Å²) in [6, 6.07) is 6.09. The Labute approximate surface area is 118 Å². The molecule has 0 spiro atoms. The van der Waals surface area contributed by atoms with E-state index in [1.54, 1.807) is 6.07 Å². The van der Waals surface area contributed by atoms with Crippen LogP contribution in [-0.4, -0.2) is 43.0 Å². The average molecular weight is 286 g/mol. The molecular formula is C15H21F3N2. The molecule has 5 heteroatoms. The summed E-state index contributed by atoms with van der Waals surface area (Å²) in [5.41, 5.74) is 0.160. The van der Waals surface area contributed by atoms with Crippen molar-refractivity contribution in [3.8, 4) is 0 Å². The van der Waals surface area contributed by atoms with Gasteiger partial charge in [-0.25, -0.2) is 0 Å². The summed E-state index contributed by atoms with van der Waals surface area (Å²) in [6.45, 7) is 2.67. The third-order valence-electron chi connectivity index (χ3n) is 4.00. The lowest BCUT2D eigenvalue weighted by atomic mass is 10.0. The molecular weight excluding hydrogens is 265 g/mol. The minimum atomic E-state index is -4.26. The molecule has 1 aromatic rings. The Morgan fingerprint density at radius 2 is 1.90 bits per heavy atom. The van der Waals surface area contributed by atoms with E-state index in [4.69, 9.17) is 0 Å². The van der Waals surface area contributed by atoms with Gasteiger partial charge < -0.3 is 4.90 Å². The minimum absolute atomic E-state index is 0.459. The van der Waals surface area contributed by atoms with E-state index < -0.39 is 11.7 Å². The molecule has 20 heavy (non-hydrogen) atoms. The van der Waals surface area contributed by atoms with Gasteiger partial charge in [-0.05, 0) is 51.7 Å². The number of benzene rings is 1. The molecule has 0 N–H and O–H groups in total. The minimum Gasteiger partial charge on any atom is -0.306 e. The van der Waals surface area contributed by atoms with Crippen molar-refractivity contribution in [1.82, 2.24) is 9.80 Å². The first kappa shape index (κ1) is 15.3. The van der Waals surface area contributed by atoms with Crippen molar-refractivity contribution < 1.29 is 13.2 Å². The number of piperidine rings is 1. The number of likely N-dealkylation sites (tertiary alicyclic amines) is 1. The maximum absolute atomic E-state index is 12.7. The standard InChI is InChI=1S/C15H21F3N2/c1-19-8-6-14(7-9-19)20(2)11-12-4-3-5-13(10-12)15(16,17)18/h3-5,10,14H,6-9,11H2,1-2H3. The van der Waals surface area contributed by atoms with E-state index in [0.29, 0.717) is 12.6 Å². The Bertz CT molecular complexity index is 437. The molecule has 0 bridgehead atoms. The highest BCUT2D eigenvalue weighted by atomic mass is 19.4. The van der Waals surface area contributed by atoms with Crippen LogP contribution in [-0.2, 0) is 12.7 Å². The van der Waals surface area contributed by atoms with Gasteiger partial charge in [-0.2, -0.15) is 13.2 Å². The molecule has 1 heterocycles. The summed E-state index contributed by atoms with van der Waals surface area (Å²) in [5.74, 6) is 0. The predicted molar refractivity (Wildman–Crippen MR) is 73.4 cm³/mol. The molecule has 0 atom stereocenters. The van der Waals surface area contributed by atoms with Crippen LogP contribution in [0.15, 0.2) is 24.3 Å². The van der Waals surface area contributed by atoms with Crippen LogP contribution in [0.25, 0.3) is 0 Å². The van der Waals surface area contributed by atoms with E-state index in [1.807, 2.05) is 7.05 Å². The number of alkyl halides is 3. The van der Waals surface area contributed by atoms with Crippen molar-refractivity contribution in [2.45, 2.75) is 31.6 Å². The first-order chi connectivity index (χ1) is 9.36. The fraction of sp³-hybridized carbons (Fsp3) is 0.600. The summed E-state index contributed by atoms with van der Waals surface area (Å²) in [6.07, 6.45) is -2.11. The first-order valence-electron chi connectivity index (χ1n) is 6.91. The molecule has 1 aromatic carbocycles. The zero-order chi connectivity index (χ0) is 14.8. The average Bonchev–Trinajstić information content (AvgIpc) is 2.38. The number of hydrogen-bond donors (Lipinski definition) is 0.